The topological polar surface area (TPSA) is 101 Å². The lowest BCUT2D eigenvalue weighted by atomic mass is 10.1. The summed E-state index contributed by atoms with van der Waals surface area (Å²) in [6.07, 6.45) is 1.30. The second kappa shape index (κ2) is 8.04. The third-order valence-electron chi connectivity index (χ3n) is 2.80. The van der Waals surface area contributed by atoms with E-state index in [0.29, 0.717) is 23.6 Å². The molecule has 0 aliphatic carbocycles. The van der Waals surface area contributed by atoms with Crippen molar-refractivity contribution < 1.29 is 14.4 Å². The number of rotatable bonds is 7. The van der Waals surface area contributed by atoms with Gasteiger partial charge in [0.05, 0.1) is 6.54 Å². The van der Waals surface area contributed by atoms with Crippen molar-refractivity contribution in [1.82, 2.24) is 5.32 Å². The molecule has 0 saturated carbocycles. The van der Waals surface area contributed by atoms with Crippen LogP contribution in [0.25, 0.3) is 0 Å². The third-order valence-corrected chi connectivity index (χ3v) is 2.80. The van der Waals surface area contributed by atoms with Gasteiger partial charge in [-0.3, -0.25) is 14.4 Å². The van der Waals surface area contributed by atoms with Gasteiger partial charge in [0.15, 0.2) is 0 Å². The zero-order chi connectivity index (χ0) is 15.8. The van der Waals surface area contributed by atoms with Crippen molar-refractivity contribution >= 4 is 23.4 Å². The highest BCUT2D eigenvalue weighted by molar-refractivity contribution is 5.97. The van der Waals surface area contributed by atoms with Gasteiger partial charge in [0.1, 0.15) is 0 Å². The van der Waals surface area contributed by atoms with Gasteiger partial charge >= 0.3 is 0 Å². The molecule has 0 radical (unpaired) electrons. The zero-order valence-electron chi connectivity index (χ0n) is 12.3. The minimum Gasteiger partial charge on any atom is -0.368 e. The minimum absolute atomic E-state index is 0.0466. The van der Waals surface area contributed by atoms with Crippen LogP contribution in [0.5, 0.6) is 0 Å². The van der Waals surface area contributed by atoms with E-state index in [4.69, 9.17) is 5.73 Å². The minimum atomic E-state index is -0.600. The number of anilines is 1. The fraction of sp³-hybridized carbons (Fsp3) is 0.400. The fourth-order valence-corrected chi connectivity index (χ4v) is 1.62. The maximum absolute atomic E-state index is 11.7. The van der Waals surface area contributed by atoms with Gasteiger partial charge < -0.3 is 16.4 Å². The lowest BCUT2D eigenvalue weighted by molar-refractivity contribution is -0.117. The van der Waals surface area contributed by atoms with Gasteiger partial charge in [-0.15, -0.1) is 0 Å². The summed E-state index contributed by atoms with van der Waals surface area (Å²) < 4.78 is 0. The van der Waals surface area contributed by atoms with Crippen molar-refractivity contribution in [1.29, 1.82) is 0 Å². The highest BCUT2D eigenvalue weighted by atomic mass is 16.2. The summed E-state index contributed by atoms with van der Waals surface area (Å²) in [5, 5.41) is 5.16. The number of carbonyl (C=O) groups excluding carboxylic acids is 3. The lowest BCUT2D eigenvalue weighted by Gasteiger charge is -2.08. The van der Waals surface area contributed by atoms with Gasteiger partial charge in [-0.25, -0.2) is 0 Å². The van der Waals surface area contributed by atoms with Gasteiger partial charge in [-0.2, -0.15) is 0 Å². The van der Waals surface area contributed by atoms with E-state index in [1.54, 1.807) is 24.3 Å². The van der Waals surface area contributed by atoms with Crippen LogP contribution in [-0.4, -0.2) is 24.3 Å². The highest BCUT2D eigenvalue weighted by Gasteiger charge is 2.07. The van der Waals surface area contributed by atoms with Crippen molar-refractivity contribution in [2.24, 2.45) is 11.7 Å². The molecule has 6 nitrogen and oxygen atoms in total. The summed E-state index contributed by atoms with van der Waals surface area (Å²) in [5.41, 5.74) is 5.98. The molecule has 0 unspecified atom stereocenters. The van der Waals surface area contributed by atoms with E-state index < -0.39 is 5.91 Å². The van der Waals surface area contributed by atoms with E-state index in [1.165, 1.54) is 0 Å². The molecular weight excluding hydrogens is 270 g/mol. The first-order valence-corrected chi connectivity index (χ1v) is 6.85. The Kier molecular flexibility index (Phi) is 6.39. The van der Waals surface area contributed by atoms with Crippen molar-refractivity contribution in [2.75, 3.05) is 11.9 Å². The largest absolute Gasteiger partial charge is 0.368 e. The van der Waals surface area contributed by atoms with E-state index >= 15 is 0 Å². The zero-order valence-corrected chi connectivity index (χ0v) is 12.3. The van der Waals surface area contributed by atoms with Crippen LogP contribution in [0.4, 0.5) is 5.69 Å². The molecule has 0 saturated heterocycles. The van der Waals surface area contributed by atoms with Crippen LogP contribution in [0.3, 0.4) is 0 Å². The molecule has 1 rings (SSSR count). The maximum atomic E-state index is 11.7. The first kappa shape index (κ1) is 16.7. The Morgan fingerprint density at radius 3 is 2.29 bits per heavy atom. The highest BCUT2D eigenvalue weighted by Crippen LogP contribution is 2.11. The molecule has 0 aliphatic heterocycles. The second-order valence-corrected chi connectivity index (χ2v) is 5.21. The van der Waals surface area contributed by atoms with Gasteiger partial charge in [0, 0.05) is 17.7 Å². The molecule has 0 aromatic heterocycles. The summed E-state index contributed by atoms with van der Waals surface area (Å²) in [7, 11) is 0. The van der Waals surface area contributed by atoms with Crippen molar-refractivity contribution in [3.05, 3.63) is 29.8 Å². The van der Waals surface area contributed by atoms with E-state index in [0.717, 1.165) is 6.42 Å². The molecular formula is C15H21N3O3. The smallest absolute Gasteiger partial charge is 0.251 e. The van der Waals surface area contributed by atoms with Crippen LogP contribution in [0.15, 0.2) is 24.3 Å². The summed E-state index contributed by atoms with van der Waals surface area (Å²) in [6, 6.07) is 6.45. The molecule has 0 spiro atoms. The van der Waals surface area contributed by atoms with Crippen LogP contribution >= 0.6 is 0 Å². The van der Waals surface area contributed by atoms with E-state index in [-0.39, 0.29) is 18.4 Å². The Balaban J connectivity index is 2.51. The molecule has 21 heavy (non-hydrogen) atoms. The SMILES string of the molecule is CC(C)CCC(=O)Nc1ccc(C(=O)NCC(N)=O)cc1. The summed E-state index contributed by atoms with van der Waals surface area (Å²) in [6.45, 7) is 3.92. The normalized spacial score (nSPS) is 10.2. The molecule has 0 atom stereocenters. The number of hydrogen-bond acceptors (Lipinski definition) is 3. The first-order chi connectivity index (χ1) is 9.88. The summed E-state index contributed by atoms with van der Waals surface area (Å²) in [4.78, 5) is 33.9. The Morgan fingerprint density at radius 2 is 1.76 bits per heavy atom. The predicted octanol–water partition coefficient (Wildman–Crippen LogP) is 1.28. The summed E-state index contributed by atoms with van der Waals surface area (Å²) >= 11 is 0. The van der Waals surface area contributed by atoms with E-state index in [2.05, 4.69) is 24.5 Å². The van der Waals surface area contributed by atoms with Crippen LogP contribution < -0.4 is 16.4 Å². The van der Waals surface area contributed by atoms with Crippen LogP contribution in [0.1, 0.15) is 37.0 Å². The summed E-state index contributed by atoms with van der Waals surface area (Å²) in [5.74, 6) is -0.550. The second-order valence-electron chi connectivity index (χ2n) is 5.21. The van der Waals surface area contributed by atoms with Crippen LogP contribution in [0.2, 0.25) is 0 Å². The standard InChI is InChI=1S/C15H21N3O3/c1-10(2)3-8-14(20)18-12-6-4-11(5-7-12)15(21)17-9-13(16)19/h4-7,10H,3,8-9H2,1-2H3,(H2,16,19)(H,17,21)(H,18,20). The molecule has 1 aromatic rings. The molecule has 3 amide bonds. The van der Waals surface area contributed by atoms with E-state index in [1.807, 2.05) is 0 Å². The Bertz CT molecular complexity index is 509. The Hall–Kier alpha value is -2.37. The third kappa shape index (κ3) is 6.56. The van der Waals surface area contributed by atoms with Gasteiger partial charge in [0.25, 0.3) is 5.91 Å². The molecule has 0 bridgehead atoms. The average molecular weight is 291 g/mol. The molecule has 1 aromatic carbocycles. The lowest BCUT2D eigenvalue weighted by Crippen LogP contribution is -2.33. The molecule has 0 heterocycles. The Labute approximate surface area is 124 Å². The number of benzene rings is 1. The molecule has 114 valence electrons. The van der Waals surface area contributed by atoms with Crippen LogP contribution in [0, 0.1) is 5.92 Å². The maximum Gasteiger partial charge on any atom is 0.251 e. The van der Waals surface area contributed by atoms with E-state index in [9.17, 15) is 14.4 Å². The number of hydrogen-bond donors (Lipinski definition) is 3. The number of primary amides is 1. The molecule has 4 N–H and O–H groups in total. The van der Waals surface area contributed by atoms with Crippen LogP contribution in [-0.2, 0) is 9.59 Å². The average Bonchev–Trinajstić information content (AvgIpc) is 2.43. The number of carbonyl (C=O) groups is 3. The van der Waals surface area contributed by atoms with Crippen molar-refractivity contribution in [3.8, 4) is 0 Å². The quantitative estimate of drug-likeness (QED) is 0.705. The van der Waals surface area contributed by atoms with Gasteiger partial charge in [-0.05, 0) is 36.6 Å². The molecule has 0 aliphatic rings. The fourth-order valence-electron chi connectivity index (χ4n) is 1.62. The Morgan fingerprint density at radius 1 is 1.14 bits per heavy atom. The predicted molar refractivity (Wildman–Crippen MR) is 80.7 cm³/mol. The van der Waals surface area contributed by atoms with Crippen molar-refractivity contribution in [3.63, 3.8) is 0 Å². The number of nitrogens with two attached hydrogens (primary N) is 1. The molecule has 0 fully saturated rings. The van der Waals surface area contributed by atoms with Gasteiger partial charge in [0.2, 0.25) is 11.8 Å². The molecule has 6 heteroatoms. The number of amides is 3. The first-order valence-electron chi connectivity index (χ1n) is 6.85. The van der Waals surface area contributed by atoms with Gasteiger partial charge in [-0.1, -0.05) is 13.8 Å². The monoisotopic (exact) mass is 291 g/mol. The van der Waals surface area contributed by atoms with Crippen molar-refractivity contribution in [2.45, 2.75) is 26.7 Å². The number of nitrogens with one attached hydrogen (secondary N) is 2.